The maximum atomic E-state index is 12.0. The van der Waals surface area contributed by atoms with E-state index < -0.39 is 0 Å². The van der Waals surface area contributed by atoms with E-state index in [0.717, 1.165) is 59.7 Å². The van der Waals surface area contributed by atoms with Crippen LogP contribution in [0.25, 0.3) is 10.9 Å². The van der Waals surface area contributed by atoms with Gasteiger partial charge < -0.3 is 20.9 Å². The molecule has 1 fully saturated rings. The predicted octanol–water partition coefficient (Wildman–Crippen LogP) is 3.68. The van der Waals surface area contributed by atoms with Crippen molar-refractivity contribution in [3.05, 3.63) is 53.6 Å². The smallest absolute Gasteiger partial charge is 0.314 e. The lowest BCUT2D eigenvalue weighted by Gasteiger charge is -2.42. The number of hydrogen-bond acceptors (Lipinski definition) is 6. The molecule has 5 rings (SSSR count). The maximum Gasteiger partial charge on any atom is 0.314 e. The number of anilines is 2. The van der Waals surface area contributed by atoms with Crippen molar-refractivity contribution >= 4 is 47.7 Å². The Morgan fingerprint density at radius 3 is 2.85 bits per heavy atom. The van der Waals surface area contributed by atoms with Gasteiger partial charge in [-0.2, -0.15) is 4.98 Å². The summed E-state index contributed by atoms with van der Waals surface area (Å²) in [6.07, 6.45) is 1.67. The molecule has 2 aromatic carbocycles. The van der Waals surface area contributed by atoms with Crippen molar-refractivity contribution in [3.63, 3.8) is 0 Å². The molecule has 3 aromatic rings. The first-order chi connectivity index (χ1) is 16.0. The van der Waals surface area contributed by atoms with Gasteiger partial charge in [-0.3, -0.25) is 0 Å². The van der Waals surface area contributed by atoms with Crippen LogP contribution in [0.15, 0.2) is 47.4 Å². The standard InChI is InChI=1S/C24H28BN6OS/c1-16-7-8-19-18(11-16)21(27-15-24(13-25-14-24)30-23(32)26-2)29-22(28-19)31-9-10-33-20-6-4-3-5-17(20)12-31/h3-8,11H,9-10,12-15H2,1-2H3,(H2,26,30,32)(H,27,28,29). The molecule has 3 N–H and O–H groups in total. The van der Waals surface area contributed by atoms with Gasteiger partial charge in [-0.25, -0.2) is 9.78 Å². The number of carbonyl (C=O) groups is 1. The minimum absolute atomic E-state index is 0.158. The Morgan fingerprint density at radius 2 is 2.06 bits per heavy atom. The molecule has 0 unspecified atom stereocenters. The molecule has 2 amide bonds. The van der Waals surface area contributed by atoms with E-state index in [9.17, 15) is 4.79 Å². The van der Waals surface area contributed by atoms with E-state index in [4.69, 9.17) is 9.97 Å². The monoisotopic (exact) mass is 459 g/mol. The Labute approximate surface area is 199 Å². The molecule has 0 atom stereocenters. The van der Waals surface area contributed by atoms with Gasteiger partial charge in [-0.05, 0) is 30.7 Å². The maximum absolute atomic E-state index is 12.0. The zero-order valence-corrected chi connectivity index (χ0v) is 19.8. The summed E-state index contributed by atoms with van der Waals surface area (Å²) >= 11 is 1.89. The van der Waals surface area contributed by atoms with Crippen LogP contribution in [0.4, 0.5) is 16.6 Å². The lowest BCUT2D eigenvalue weighted by Crippen LogP contribution is -2.61. The number of hydrogen-bond donors (Lipinski definition) is 3. The van der Waals surface area contributed by atoms with Crippen molar-refractivity contribution < 1.29 is 4.79 Å². The average molecular weight is 459 g/mol. The Morgan fingerprint density at radius 1 is 1.21 bits per heavy atom. The largest absolute Gasteiger partial charge is 0.367 e. The van der Waals surface area contributed by atoms with Gasteiger partial charge in [0, 0.05) is 48.3 Å². The average Bonchev–Trinajstić information content (AvgIpc) is 3.03. The van der Waals surface area contributed by atoms with Crippen LogP contribution in [0, 0.1) is 6.92 Å². The van der Waals surface area contributed by atoms with Gasteiger partial charge in [-0.15, -0.1) is 11.8 Å². The summed E-state index contributed by atoms with van der Waals surface area (Å²) in [4.78, 5) is 25.5. The van der Waals surface area contributed by atoms with Crippen LogP contribution < -0.4 is 20.9 Å². The zero-order chi connectivity index (χ0) is 22.8. The van der Waals surface area contributed by atoms with E-state index in [1.165, 1.54) is 10.5 Å². The minimum Gasteiger partial charge on any atom is -0.367 e. The fraction of sp³-hybridized carbons (Fsp3) is 0.375. The molecule has 169 valence electrons. The number of thioether (sulfide) groups is 1. The molecule has 0 spiro atoms. The van der Waals surface area contributed by atoms with Gasteiger partial charge in [0.2, 0.25) is 5.95 Å². The van der Waals surface area contributed by atoms with Gasteiger partial charge in [0.25, 0.3) is 0 Å². The third-order valence-electron chi connectivity index (χ3n) is 6.34. The van der Waals surface area contributed by atoms with Crippen LogP contribution in [0.2, 0.25) is 12.6 Å². The van der Waals surface area contributed by atoms with Crippen molar-refractivity contribution in [1.82, 2.24) is 20.6 Å². The third-order valence-corrected chi connectivity index (χ3v) is 7.44. The summed E-state index contributed by atoms with van der Waals surface area (Å²) in [5.74, 6) is 2.54. The highest BCUT2D eigenvalue weighted by molar-refractivity contribution is 7.99. The van der Waals surface area contributed by atoms with E-state index in [1.54, 1.807) is 7.05 Å². The highest BCUT2D eigenvalue weighted by Crippen LogP contribution is 2.32. The molecule has 0 aliphatic carbocycles. The van der Waals surface area contributed by atoms with Gasteiger partial charge in [0.15, 0.2) is 0 Å². The van der Waals surface area contributed by atoms with E-state index in [2.05, 4.69) is 77.5 Å². The summed E-state index contributed by atoms with van der Waals surface area (Å²) in [7, 11) is 3.83. The van der Waals surface area contributed by atoms with Gasteiger partial charge in [0.1, 0.15) is 13.1 Å². The lowest BCUT2D eigenvalue weighted by atomic mass is 9.46. The van der Waals surface area contributed by atoms with E-state index in [0.29, 0.717) is 6.54 Å². The number of aromatic nitrogens is 2. The first kappa shape index (κ1) is 21.9. The molecule has 33 heavy (non-hydrogen) atoms. The third kappa shape index (κ3) is 4.60. The molecule has 0 bridgehead atoms. The number of aryl methyl sites for hydroxylation is 1. The number of benzene rings is 2. The number of nitrogens with one attached hydrogen (secondary N) is 3. The quantitative estimate of drug-likeness (QED) is 0.505. The minimum atomic E-state index is -0.292. The summed E-state index contributed by atoms with van der Waals surface area (Å²) in [5.41, 5.74) is 3.10. The number of nitrogens with zero attached hydrogens (tertiary/aromatic N) is 3. The topological polar surface area (TPSA) is 82.2 Å². The molecular weight excluding hydrogens is 431 g/mol. The van der Waals surface area contributed by atoms with Crippen LogP contribution in [-0.2, 0) is 6.54 Å². The van der Waals surface area contributed by atoms with Crippen molar-refractivity contribution in [1.29, 1.82) is 0 Å². The molecule has 7 nitrogen and oxygen atoms in total. The van der Waals surface area contributed by atoms with E-state index >= 15 is 0 Å². The lowest BCUT2D eigenvalue weighted by molar-refractivity contribution is 0.231. The zero-order valence-electron chi connectivity index (χ0n) is 19.0. The molecule has 1 radical (unpaired) electrons. The van der Waals surface area contributed by atoms with Gasteiger partial charge >= 0.3 is 6.03 Å². The fourth-order valence-electron chi connectivity index (χ4n) is 4.34. The summed E-state index contributed by atoms with van der Waals surface area (Å²) in [5, 5.41) is 10.3. The van der Waals surface area contributed by atoms with Crippen LogP contribution in [0.5, 0.6) is 0 Å². The Balaban J connectivity index is 1.46. The number of amides is 2. The molecule has 9 heteroatoms. The Kier molecular flexibility index (Phi) is 6.06. The molecule has 1 aromatic heterocycles. The first-order valence-corrected chi connectivity index (χ1v) is 12.3. The highest BCUT2D eigenvalue weighted by atomic mass is 32.2. The Bertz CT molecular complexity index is 1180. The number of fused-ring (bicyclic) bond motifs is 2. The number of urea groups is 1. The molecule has 1 saturated heterocycles. The van der Waals surface area contributed by atoms with Gasteiger partial charge in [-0.1, -0.05) is 42.5 Å². The summed E-state index contributed by atoms with van der Waals surface area (Å²) < 4.78 is 0. The Hall–Kier alpha value is -2.94. The summed E-state index contributed by atoms with van der Waals surface area (Å²) in [6.45, 7) is 4.36. The van der Waals surface area contributed by atoms with Crippen molar-refractivity contribution in [2.75, 3.05) is 36.1 Å². The molecule has 2 aliphatic rings. The fourth-order valence-corrected chi connectivity index (χ4v) is 5.37. The second-order valence-electron chi connectivity index (χ2n) is 8.81. The molecule has 2 aliphatic heterocycles. The second-order valence-corrected chi connectivity index (χ2v) is 9.94. The second kappa shape index (κ2) is 9.13. The van der Waals surface area contributed by atoms with Crippen LogP contribution in [-0.4, -0.2) is 54.7 Å². The van der Waals surface area contributed by atoms with Crippen LogP contribution in [0.3, 0.4) is 0 Å². The van der Waals surface area contributed by atoms with E-state index in [1.807, 2.05) is 11.8 Å². The van der Waals surface area contributed by atoms with Crippen LogP contribution in [0.1, 0.15) is 11.1 Å². The van der Waals surface area contributed by atoms with E-state index in [-0.39, 0.29) is 11.6 Å². The normalized spacial score (nSPS) is 16.7. The van der Waals surface area contributed by atoms with Crippen molar-refractivity contribution in [2.45, 2.75) is 36.5 Å². The summed E-state index contributed by atoms with van der Waals surface area (Å²) in [6, 6.07) is 14.7. The van der Waals surface area contributed by atoms with Gasteiger partial charge in [0.05, 0.1) is 5.52 Å². The first-order valence-electron chi connectivity index (χ1n) is 11.3. The highest BCUT2D eigenvalue weighted by Gasteiger charge is 2.38. The van der Waals surface area contributed by atoms with Crippen molar-refractivity contribution in [3.8, 4) is 0 Å². The number of rotatable bonds is 5. The molecular formula is C24H28BN6OS. The van der Waals surface area contributed by atoms with Crippen LogP contribution >= 0.6 is 11.8 Å². The number of carbonyl (C=O) groups excluding carboxylic acids is 1. The predicted molar refractivity (Wildman–Crippen MR) is 137 cm³/mol. The van der Waals surface area contributed by atoms with Crippen molar-refractivity contribution in [2.24, 2.45) is 0 Å². The SMILES string of the molecule is CNC(=O)NC1(CNc2nc(N3CCSc4ccccc4C3)nc3ccc(C)cc23)C[B]C1. The molecule has 3 heterocycles. The molecule has 0 saturated carbocycles.